The fourth-order valence-electron chi connectivity index (χ4n) is 6.03. The molecule has 2 aliphatic heterocycles. The molecule has 172 valence electrons. The second-order valence-corrected chi connectivity index (χ2v) is 10.5. The topological polar surface area (TPSA) is 74.8 Å². The van der Waals surface area contributed by atoms with Crippen LogP contribution in [0, 0.1) is 35.5 Å². The molecule has 2 aromatic rings. The molecule has 3 fully saturated rings. The van der Waals surface area contributed by atoms with E-state index in [9.17, 15) is 19.2 Å². The minimum absolute atomic E-state index is 0.170. The zero-order chi connectivity index (χ0) is 24.0. The van der Waals surface area contributed by atoms with Gasteiger partial charge in [0, 0.05) is 21.9 Å². The molecule has 4 amide bonds. The molecular weight excluding hydrogens is 522 g/mol. The summed E-state index contributed by atoms with van der Waals surface area (Å²) in [4.78, 5) is 56.3. The van der Waals surface area contributed by atoms with Gasteiger partial charge >= 0.3 is 0 Å². The van der Waals surface area contributed by atoms with Crippen molar-refractivity contribution >= 4 is 81.4 Å². The van der Waals surface area contributed by atoms with Crippen LogP contribution < -0.4 is 9.80 Å². The average molecular weight is 536 g/mol. The van der Waals surface area contributed by atoms with E-state index in [2.05, 4.69) is 0 Å². The molecule has 2 bridgehead atoms. The van der Waals surface area contributed by atoms with Gasteiger partial charge in [0.05, 0.1) is 45.1 Å². The predicted octanol–water partition coefficient (Wildman–Crippen LogP) is 5.03. The Balaban J connectivity index is 1.41. The lowest BCUT2D eigenvalue weighted by Gasteiger charge is -2.44. The zero-order valence-electron chi connectivity index (χ0n) is 17.1. The molecule has 2 heterocycles. The van der Waals surface area contributed by atoms with E-state index in [0.717, 1.165) is 9.80 Å². The Bertz CT molecular complexity index is 1210. The van der Waals surface area contributed by atoms with Crippen LogP contribution in [0.1, 0.15) is 0 Å². The highest BCUT2D eigenvalue weighted by atomic mass is 35.5. The van der Waals surface area contributed by atoms with Crippen LogP contribution in [0.4, 0.5) is 11.4 Å². The lowest BCUT2D eigenvalue weighted by atomic mass is 9.54. The molecule has 6 nitrogen and oxygen atoms in total. The Morgan fingerprint density at radius 2 is 0.853 bits per heavy atom. The summed E-state index contributed by atoms with van der Waals surface area (Å²) in [5.74, 6) is -5.94. The number of carbonyl (C=O) groups excluding carboxylic acids is 4. The second-order valence-electron chi connectivity index (χ2n) is 8.86. The molecule has 0 aromatic heterocycles. The van der Waals surface area contributed by atoms with Crippen molar-refractivity contribution in [3.63, 3.8) is 0 Å². The first-order valence-electron chi connectivity index (χ1n) is 10.5. The molecule has 1 saturated carbocycles. The second kappa shape index (κ2) is 7.56. The lowest BCUT2D eigenvalue weighted by molar-refractivity contribution is -0.137. The third kappa shape index (κ3) is 2.83. The smallest absolute Gasteiger partial charge is 0.238 e. The van der Waals surface area contributed by atoms with Crippen molar-refractivity contribution in [2.24, 2.45) is 35.5 Å². The van der Waals surface area contributed by atoms with Crippen LogP contribution in [-0.2, 0) is 19.2 Å². The summed E-state index contributed by atoms with van der Waals surface area (Å²) in [7, 11) is 0. The van der Waals surface area contributed by atoms with Gasteiger partial charge in [-0.1, -0.05) is 58.6 Å². The molecule has 7 rings (SSSR count). The average Bonchev–Trinajstić information content (AvgIpc) is 3.22. The summed E-state index contributed by atoms with van der Waals surface area (Å²) < 4.78 is 0. The number of nitrogens with zero attached hydrogens (tertiary/aromatic N) is 2. The third-order valence-corrected chi connectivity index (χ3v) is 8.39. The van der Waals surface area contributed by atoms with Crippen molar-refractivity contribution in [1.82, 2.24) is 0 Å². The predicted molar refractivity (Wildman–Crippen MR) is 128 cm³/mol. The van der Waals surface area contributed by atoms with Crippen molar-refractivity contribution in [3.8, 4) is 0 Å². The number of carbonyl (C=O) groups is 4. The third-order valence-electron chi connectivity index (χ3n) is 7.31. The summed E-state index contributed by atoms with van der Waals surface area (Å²) >= 11 is 24.5. The van der Waals surface area contributed by atoms with E-state index in [-0.39, 0.29) is 21.4 Å². The zero-order valence-corrected chi connectivity index (χ0v) is 20.1. The van der Waals surface area contributed by atoms with Crippen LogP contribution in [0.25, 0.3) is 0 Å². The van der Waals surface area contributed by atoms with Crippen molar-refractivity contribution in [3.05, 3.63) is 68.6 Å². The number of hydrogen-bond acceptors (Lipinski definition) is 4. The largest absolute Gasteiger partial charge is 0.274 e. The number of allylic oxidation sites excluding steroid dienone is 2. The molecule has 5 aliphatic rings. The Hall–Kier alpha value is -2.38. The fourth-order valence-corrected chi connectivity index (χ4v) is 7.01. The maximum atomic E-state index is 13.5. The van der Waals surface area contributed by atoms with Gasteiger partial charge < -0.3 is 0 Å². The molecule has 0 spiro atoms. The number of anilines is 2. The number of imide groups is 2. The molecule has 2 saturated heterocycles. The minimum Gasteiger partial charge on any atom is -0.274 e. The first-order valence-corrected chi connectivity index (χ1v) is 12.1. The SMILES string of the molecule is O=C1C2C3C=CC(C2C(=O)N1c1ccc(Cl)cc1Cl)C1C(=O)N(c2ccc(Cl)cc2Cl)C(=O)C31. The van der Waals surface area contributed by atoms with Gasteiger partial charge in [-0.05, 0) is 36.4 Å². The molecule has 4 atom stereocenters. The van der Waals surface area contributed by atoms with E-state index >= 15 is 0 Å². The molecule has 34 heavy (non-hydrogen) atoms. The van der Waals surface area contributed by atoms with Crippen molar-refractivity contribution in [2.45, 2.75) is 0 Å². The first kappa shape index (κ1) is 22.1. The molecule has 10 heteroatoms. The van der Waals surface area contributed by atoms with Gasteiger partial charge in [-0.15, -0.1) is 0 Å². The van der Waals surface area contributed by atoms with Crippen molar-refractivity contribution in [1.29, 1.82) is 0 Å². The van der Waals surface area contributed by atoms with Crippen LogP contribution in [0.3, 0.4) is 0 Å². The standard InChI is InChI=1S/C24H14Cl4N2O4/c25-9-1-5-15(13(27)7-9)29-21(31)17-11-3-4-12(18(17)22(29)32)20-19(11)23(33)30(24(20)34)16-6-2-10(26)8-14(16)28/h1-8,11-12,17-20H. The Labute approximate surface area is 214 Å². The fraction of sp³-hybridized carbons (Fsp3) is 0.250. The highest BCUT2D eigenvalue weighted by Crippen LogP contribution is 2.59. The number of amides is 4. The van der Waals surface area contributed by atoms with Crippen LogP contribution >= 0.6 is 46.4 Å². The van der Waals surface area contributed by atoms with E-state index in [1.807, 2.05) is 0 Å². The summed E-state index contributed by atoms with van der Waals surface area (Å²) in [6.07, 6.45) is 3.59. The normalized spacial score (nSPS) is 31.5. The van der Waals surface area contributed by atoms with Gasteiger partial charge in [0.25, 0.3) is 0 Å². The molecule has 0 radical (unpaired) electrons. The Morgan fingerprint density at radius 1 is 0.529 bits per heavy atom. The summed E-state index contributed by atoms with van der Waals surface area (Å²) in [5, 5.41) is 1.09. The first-order chi connectivity index (χ1) is 16.2. The quantitative estimate of drug-likeness (QED) is 0.399. The van der Waals surface area contributed by atoms with E-state index in [1.165, 1.54) is 24.3 Å². The summed E-state index contributed by atoms with van der Waals surface area (Å²) in [5.41, 5.74) is 0.486. The summed E-state index contributed by atoms with van der Waals surface area (Å²) in [6.45, 7) is 0. The highest BCUT2D eigenvalue weighted by molar-refractivity contribution is 6.39. The van der Waals surface area contributed by atoms with Gasteiger partial charge in [-0.2, -0.15) is 0 Å². The van der Waals surface area contributed by atoms with Crippen LogP contribution in [0.5, 0.6) is 0 Å². The molecular formula is C24H14Cl4N2O4. The number of halogens is 4. The van der Waals surface area contributed by atoms with E-state index < -0.39 is 59.1 Å². The van der Waals surface area contributed by atoms with Gasteiger partial charge in [-0.3, -0.25) is 19.2 Å². The van der Waals surface area contributed by atoms with Gasteiger partial charge in [-0.25, -0.2) is 9.80 Å². The minimum atomic E-state index is -0.757. The number of benzene rings is 2. The van der Waals surface area contributed by atoms with E-state index in [1.54, 1.807) is 24.3 Å². The highest BCUT2D eigenvalue weighted by Gasteiger charge is 2.69. The summed E-state index contributed by atoms with van der Waals surface area (Å²) in [6, 6.07) is 9.07. The van der Waals surface area contributed by atoms with Gasteiger partial charge in [0.2, 0.25) is 23.6 Å². The molecule has 4 unspecified atom stereocenters. The van der Waals surface area contributed by atoms with E-state index in [4.69, 9.17) is 46.4 Å². The molecule has 0 N–H and O–H groups in total. The monoisotopic (exact) mass is 534 g/mol. The van der Waals surface area contributed by atoms with Gasteiger partial charge in [0.1, 0.15) is 0 Å². The van der Waals surface area contributed by atoms with Crippen molar-refractivity contribution < 1.29 is 19.2 Å². The van der Waals surface area contributed by atoms with Crippen LogP contribution in [0.2, 0.25) is 20.1 Å². The lowest BCUT2D eigenvalue weighted by Crippen LogP contribution is -2.50. The molecule has 2 aromatic carbocycles. The van der Waals surface area contributed by atoms with Crippen LogP contribution in [0.15, 0.2) is 48.6 Å². The maximum absolute atomic E-state index is 13.5. The maximum Gasteiger partial charge on any atom is 0.238 e. The Morgan fingerprint density at radius 3 is 1.15 bits per heavy atom. The van der Waals surface area contributed by atoms with Crippen LogP contribution in [-0.4, -0.2) is 23.6 Å². The van der Waals surface area contributed by atoms with Gasteiger partial charge in [0.15, 0.2) is 0 Å². The number of rotatable bonds is 2. The van der Waals surface area contributed by atoms with Crippen molar-refractivity contribution in [2.75, 3.05) is 9.80 Å². The number of hydrogen-bond donors (Lipinski definition) is 0. The van der Waals surface area contributed by atoms with E-state index in [0.29, 0.717) is 10.0 Å². The Kier molecular flexibility index (Phi) is 4.91. The molecule has 3 aliphatic carbocycles.